The zero-order chi connectivity index (χ0) is 40.7. The Kier molecular flexibility index (Phi) is 36.9. The van der Waals surface area contributed by atoms with E-state index in [1.54, 1.807) is 6.08 Å². The van der Waals surface area contributed by atoms with E-state index in [2.05, 4.69) is 55.6 Å². The largest absolute Gasteiger partial charge is 0.472 e. The molecule has 0 aliphatic heterocycles. The summed E-state index contributed by atoms with van der Waals surface area (Å²) in [6.07, 6.45) is 47.5. The van der Waals surface area contributed by atoms with E-state index in [1.165, 1.54) is 103 Å². The van der Waals surface area contributed by atoms with Crippen molar-refractivity contribution in [2.75, 3.05) is 40.9 Å². The maximum absolute atomic E-state index is 12.8. The number of aliphatic hydroxyl groups excluding tert-OH is 1. The number of phosphoric ester groups is 1. The summed E-state index contributed by atoms with van der Waals surface area (Å²) >= 11 is 0. The van der Waals surface area contributed by atoms with E-state index in [0.717, 1.165) is 64.2 Å². The Hall–Kier alpha value is -1.54. The van der Waals surface area contributed by atoms with Crippen LogP contribution in [0.3, 0.4) is 0 Å². The number of phosphoric acid groups is 1. The molecule has 0 saturated heterocycles. The van der Waals surface area contributed by atoms with Gasteiger partial charge in [0.2, 0.25) is 5.91 Å². The SMILES string of the molecule is CCCC/C=C\C/C=C\CCCCCCCC(=O)NC(COP(=O)(O)OCC[N+](C)(C)C)C(O)/C=C/CC/C=C/CCCCCCCCCCCCCCC. The fraction of sp³-hybridized carbons (Fsp3) is 0.804. The molecule has 0 saturated carbocycles. The Morgan fingerprint density at radius 2 is 1.07 bits per heavy atom. The summed E-state index contributed by atoms with van der Waals surface area (Å²) in [6.45, 7) is 4.73. The van der Waals surface area contributed by atoms with E-state index in [9.17, 15) is 19.4 Å². The number of unbranched alkanes of at least 4 members (excludes halogenated alkanes) is 21. The summed E-state index contributed by atoms with van der Waals surface area (Å²) in [6, 6.07) is -0.870. The predicted octanol–water partition coefficient (Wildman–Crippen LogP) is 12.5. The Morgan fingerprint density at radius 1 is 0.618 bits per heavy atom. The zero-order valence-corrected chi connectivity index (χ0v) is 37.3. The van der Waals surface area contributed by atoms with Crippen molar-refractivity contribution in [2.24, 2.45) is 0 Å². The molecule has 9 heteroatoms. The monoisotopic (exact) mass is 796 g/mol. The van der Waals surface area contributed by atoms with Crippen LogP contribution in [0.25, 0.3) is 0 Å². The molecule has 0 aliphatic rings. The first kappa shape index (κ1) is 53.5. The summed E-state index contributed by atoms with van der Waals surface area (Å²) in [5.41, 5.74) is 0. The highest BCUT2D eigenvalue weighted by molar-refractivity contribution is 7.47. The van der Waals surface area contributed by atoms with Crippen LogP contribution < -0.4 is 5.32 Å². The van der Waals surface area contributed by atoms with Gasteiger partial charge in [-0.15, -0.1) is 0 Å². The first-order valence-corrected chi connectivity index (χ1v) is 24.0. The van der Waals surface area contributed by atoms with Crippen molar-refractivity contribution >= 4 is 13.7 Å². The average Bonchev–Trinajstić information content (AvgIpc) is 3.13. The van der Waals surface area contributed by atoms with Gasteiger partial charge in [0.15, 0.2) is 0 Å². The highest BCUT2D eigenvalue weighted by Gasteiger charge is 2.27. The Bertz CT molecular complexity index is 1040. The molecular weight excluding hydrogens is 707 g/mol. The molecule has 0 aliphatic carbocycles. The fourth-order valence-corrected chi connectivity index (χ4v) is 6.87. The minimum atomic E-state index is -4.35. The lowest BCUT2D eigenvalue weighted by molar-refractivity contribution is -0.870. The molecule has 322 valence electrons. The minimum Gasteiger partial charge on any atom is -0.387 e. The lowest BCUT2D eigenvalue weighted by Gasteiger charge is -2.25. The summed E-state index contributed by atoms with van der Waals surface area (Å²) < 4.78 is 23.5. The van der Waals surface area contributed by atoms with Crippen molar-refractivity contribution in [1.29, 1.82) is 0 Å². The number of quaternary nitrogens is 1. The van der Waals surface area contributed by atoms with Crippen molar-refractivity contribution < 1.29 is 32.9 Å². The second kappa shape index (κ2) is 38.0. The van der Waals surface area contributed by atoms with Crippen molar-refractivity contribution in [1.82, 2.24) is 5.32 Å². The van der Waals surface area contributed by atoms with Crippen molar-refractivity contribution in [2.45, 2.75) is 199 Å². The van der Waals surface area contributed by atoms with Gasteiger partial charge in [0.25, 0.3) is 0 Å². The van der Waals surface area contributed by atoms with Gasteiger partial charge in [-0.2, -0.15) is 0 Å². The van der Waals surface area contributed by atoms with Crippen molar-refractivity contribution in [3.8, 4) is 0 Å². The number of nitrogens with one attached hydrogen (secondary N) is 1. The van der Waals surface area contributed by atoms with Gasteiger partial charge in [-0.25, -0.2) is 4.57 Å². The van der Waals surface area contributed by atoms with Crippen LogP contribution in [-0.2, 0) is 18.4 Å². The third kappa shape index (κ3) is 40.5. The number of hydrogen-bond donors (Lipinski definition) is 3. The standard InChI is InChI=1S/C46H87N2O6P/c1-6-8-10-12-14-16-18-20-22-23-24-25-26-27-29-31-33-35-37-39-45(49)44(43-54-55(51,52)53-42-41-48(3,4)5)47-46(50)40-38-36-34-32-30-28-21-19-17-15-13-11-9-7-2/h13,15,19,21,29,31,37,39,44-45,49H,6-12,14,16-18,20,22-28,30,32-36,38,40-43H2,1-5H3,(H-,47,50,51,52)/p+1/b15-13-,21-19-,31-29+,39-37+. The van der Waals surface area contributed by atoms with Gasteiger partial charge in [0.05, 0.1) is 39.9 Å². The van der Waals surface area contributed by atoms with Crippen LogP contribution in [0, 0.1) is 0 Å². The van der Waals surface area contributed by atoms with E-state index in [-0.39, 0.29) is 19.1 Å². The van der Waals surface area contributed by atoms with Gasteiger partial charge in [-0.1, -0.05) is 172 Å². The third-order valence-corrected chi connectivity index (χ3v) is 10.8. The highest BCUT2D eigenvalue weighted by atomic mass is 31.2. The molecule has 0 aromatic rings. The predicted molar refractivity (Wildman–Crippen MR) is 235 cm³/mol. The van der Waals surface area contributed by atoms with Crippen molar-refractivity contribution in [3.63, 3.8) is 0 Å². The summed E-state index contributed by atoms with van der Waals surface area (Å²) in [4.78, 5) is 23.1. The summed E-state index contributed by atoms with van der Waals surface area (Å²) in [5.74, 6) is -0.203. The second-order valence-electron chi connectivity index (χ2n) is 16.4. The third-order valence-electron chi connectivity index (χ3n) is 9.77. The number of aliphatic hydroxyl groups is 1. The smallest absolute Gasteiger partial charge is 0.387 e. The molecule has 0 bridgehead atoms. The van der Waals surface area contributed by atoms with Gasteiger partial charge in [0.1, 0.15) is 13.2 Å². The van der Waals surface area contributed by atoms with Crippen molar-refractivity contribution in [3.05, 3.63) is 48.6 Å². The number of rotatable bonds is 40. The number of likely N-dealkylation sites (N-methyl/N-ethyl adjacent to an activating group) is 1. The normalized spacial score (nSPS) is 14.8. The quantitative estimate of drug-likeness (QED) is 0.0247. The maximum atomic E-state index is 12.8. The first-order chi connectivity index (χ1) is 26.5. The Labute approximate surface area is 339 Å². The zero-order valence-electron chi connectivity index (χ0n) is 36.4. The molecule has 0 heterocycles. The van der Waals surface area contributed by atoms with Gasteiger partial charge in [0, 0.05) is 6.42 Å². The molecular formula is C46H88N2O6P+. The molecule has 3 N–H and O–H groups in total. The first-order valence-electron chi connectivity index (χ1n) is 22.5. The Balaban J connectivity index is 4.49. The summed E-state index contributed by atoms with van der Waals surface area (Å²) in [7, 11) is 1.54. The van der Waals surface area contributed by atoms with Gasteiger partial charge in [-0.05, 0) is 57.8 Å². The minimum absolute atomic E-state index is 0.0520. The number of carbonyl (C=O) groups excluding carboxylic acids is 1. The molecule has 3 unspecified atom stereocenters. The second-order valence-corrected chi connectivity index (χ2v) is 17.9. The molecule has 0 rings (SSSR count). The summed E-state index contributed by atoms with van der Waals surface area (Å²) in [5, 5.41) is 13.8. The number of amides is 1. The molecule has 0 aromatic heterocycles. The molecule has 0 aromatic carbocycles. The van der Waals surface area contributed by atoms with E-state index < -0.39 is 20.0 Å². The van der Waals surface area contributed by atoms with Gasteiger partial charge in [-0.3, -0.25) is 13.8 Å². The molecule has 55 heavy (non-hydrogen) atoms. The maximum Gasteiger partial charge on any atom is 0.472 e. The Morgan fingerprint density at radius 3 is 1.62 bits per heavy atom. The molecule has 1 amide bonds. The van der Waals surface area contributed by atoms with Gasteiger partial charge >= 0.3 is 7.82 Å². The van der Waals surface area contributed by atoms with Crippen LogP contribution in [0.5, 0.6) is 0 Å². The highest BCUT2D eigenvalue weighted by Crippen LogP contribution is 2.43. The van der Waals surface area contributed by atoms with Crippen LogP contribution in [0.4, 0.5) is 0 Å². The van der Waals surface area contributed by atoms with Gasteiger partial charge < -0.3 is 19.8 Å². The van der Waals surface area contributed by atoms with Crippen LogP contribution in [0.15, 0.2) is 48.6 Å². The number of nitrogens with zero attached hydrogens (tertiary/aromatic N) is 1. The lowest BCUT2D eigenvalue weighted by atomic mass is 10.0. The van der Waals surface area contributed by atoms with Crippen LogP contribution in [0.2, 0.25) is 0 Å². The molecule has 0 fully saturated rings. The average molecular weight is 796 g/mol. The molecule has 0 spiro atoms. The van der Waals surface area contributed by atoms with Crippen LogP contribution in [0.1, 0.15) is 187 Å². The van der Waals surface area contributed by atoms with E-state index in [1.807, 2.05) is 27.2 Å². The van der Waals surface area contributed by atoms with E-state index in [4.69, 9.17) is 9.05 Å². The topological polar surface area (TPSA) is 105 Å². The number of allylic oxidation sites excluding steroid dienone is 7. The molecule has 3 atom stereocenters. The van der Waals surface area contributed by atoms with Crippen LogP contribution in [-0.4, -0.2) is 73.4 Å². The fourth-order valence-electron chi connectivity index (χ4n) is 6.13. The number of carbonyl (C=O) groups is 1. The lowest BCUT2D eigenvalue weighted by Crippen LogP contribution is -2.45. The van der Waals surface area contributed by atoms with E-state index in [0.29, 0.717) is 17.4 Å². The molecule has 8 nitrogen and oxygen atoms in total. The van der Waals surface area contributed by atoms with Crippen LogP contribution >= 0.6 is 7.82 Å². The van der Waals surface area contributed by atoms with E-state index >= 15 is 0 Å². The number of hydrogen-bond acceptors (Lipinski definition) is 5. The molecule has 0 radical (unpaired) electrons.